The molecule has 0 saturated carbocycles. The number of benzene rings is 1. The number of para-hydroxylation sites is 1. The average Bonchev–Trinajstić information content (AvgIpc) is 2.04. The standard InChI is InChI=1S/C8H6O4S/c9-8(6-13(10)11)12-7-4-2-1-3-5-7/h1-6H. The normalized spacial score (nSPS) is 8.92. The molecule has 0 atom stereocenters. The summed E-state index contributed by atoms with van der Waals surface area (Å²) >= 11 is 0. The van der Waals surface area contributed by atoms with E-state index in [1.807, 2.05) is 0 Å². The summed E-state index contributed by atoms with van der Waals surface area (Å²) in [6.07, 6.45) is 0. The van der Waals surface area contributed by atoms with E-state index in [-0.39, 0.29) is 0 Å². The molecule has 0 unspecified atom stereocenters. The van der Waals surface area contributed by atoms with E-state index in [0.717, 1.165) is 0 Å². The van der Waals surface area contributed by atoms with Gasteiger partial charge in [-0.1, -0.05) is 18.2 Å². The Bertz CT molecular complexity index is 411. The maximum Gasteiger partial charge on any atom is 0.351 e. The smallest absolute Gasteiger partial charge is 0.351 e. The number of ether oxygens (including phenoxy) is 1. The summed E-state index contributed by atoms with van der Waals surface area (Å²) in [5.74, 6) is -0.589. The second-order valence-electron chi connectivity index (χ2n) is 2.11. The van der Waals surface area contributed by atoms with E-state index in [1.54, 1.807) is 30.3 Å². The zero-order chi connectivity index (χ0) is 9.68. The summed E-state index contributed by atoms with van der Waals surface area (Å²) < 4.78 is 24.7. The van der Waals surface area contributed by atoms with Crippen molar-refractivity contribution in [1.29, 1.82) is 0 Å². The molecular formula is C8H6O4S. The molecule has 0 bridgehead atoms. The third-order valence-electron chi connectivity index (χ3n) is 1.15. The maximum atomic E-state index is 10.8. The van der Waals surface area contributed by atoms with Crippen molar-refractivity contribution in [3.8, 4) is 5.75 Å². The molecular weight excluding hydrogens is 192 g/mol. The van der Waals surface area contributed by atoms with Crippen molar-refractivity contribution in [3.05, 3.63) is 30.3 Å². The second kappa shape index (κ2) is 4.42. The van der Waals surface area contributed by atoms with Crippen molar-refractivity contribution >= 4 is 21.6 Å². The fourth-order valence-electron chi connectivity index (χ4n) is 0.707. The molecule has 68 valence electrons. The van der Waals surface area contributed by atoms with E-state index in [4.69, 9.17) is 0 Å². The highest BCUT2D eigenvalue weighted by Gasteiger charge is 1.99. The minimum absolute atomic E-state index is 0.314. The van der Waals surface area contributed by atoms with Gasteiger partial charge in [0.15, 0.2) is 0 Å². The molecule has 0 N–H and O–H groups in total. The van der Waals surface area contributed by atoms with E-state index in [9.17, 15) is 13.2 Å². The Morgan fingerprint density at radius 1 is 1.23 bits per heavy atom. The Morgan fingerprint density at radius 3 is 2.38 bits per heavy atom. The van der Waals surface area contributed by atoms with Crippen molar-refractivity contribution in [2.75, 3.05) is 0 Å². The quantitative estimate of drug-likeness (QED) is 0.389. The molecule has 0 aliphatic carbocycles. The van der Waals surface area contributed by atoms with Crippen LogP contribution in [0, 0.1) is 0 Å². The highest BCUT2D eigenvalue weighted by Crippen LogP contribution is 2.07. The summed E-state index contributed by atoms with van der Waals surface area (Å²) in [5.41, 5.74) is 0. The van der Waals surface area contributed by atoms with Gasteiger partial charge >= 0.3 is 5.97 Å². The van der Waals surface area contributed by atoms with Crippen molar-refractivity contribution in [1.82, 2.24) is 0 Å². The van der Waals surface area contributed by atoms with Crippen LogP contribution in [0.15, 0.2) is 30.3 Å². The molecule has 0 aromatic heterocycles. The Balaban J connectivity index is 2.72. The Hall–Kier alpha value is -1.62. The molecule has 0 spiro atoms. The number of hydrogen-bond acceptors (Lipinski definition) is 4. The van der Waals surface area contributed by atoms with Gasteiger partial charge in [0.05, 0.1) is 0 Å². The van der Waals surface area contributed by atoms with Gasteiger partial charge in [-0.2, -0.15) is 8.42 Å². The maximum absolute atomic E-state index is 10.8. The summed E-state index contributed by atoms with van der Waals surface area (Å²) in [6.45, 7) is 0. The van der Waals surface area contributed by atoms with Crippen molar-refractivity contribution in [3.63, 3.8) is 0 Å². The van der Waals surface area contributed by atoms with Gasteiger partial charge in [-0.15, -0.1) is 0 Å². The average molecular weight is 198 g/mol. The van der Waals surface area contributed by atoms with E-state index in [2.05, 4.69) is 4.74 Å². The lowest BCUT2D eigenvalue weighted by atomic mass is 10.3. The topological polar surface area (TPSA) is 60.4 Å². The largest absolute Gasteiger partial charge is 0.423 e. The van der Waals surface area contributed by atoms with E-state index in [1.165, 1.54) is 0 Å². The van der Waals surface area contributed by atoms with E-state index in [0.29, 0.717) is 11.1 Å². The van der Waals surface area contributed by atoms with Gasteiger partial charge in [0.25, 0.3) is 0 Å². The Kier molecular flexibility index (Phi) is 3.22. The van der Waals surface area contributed by atoms with Gasteiger partial charge in [0.1, 0.15) is 11.1 Å². The lowest BCUT2D eigenvalue weighted by Gasteiger charge is -1.97. The van der Waals surface area contributed by atoms with Gasteiger partial charge in [0, 0.05) is 0 Å². The van der Waals surface area contributed by atoms with Crippen LogP contribution in [0.4, 0.5) is 0 Å². The van der Waals surface area contributed by atoms with Gasteiger partial charge in [-0.05, 0) is 12.1 Å². The van der Waals surface area contributed by atoms with Crippen LogP contribution in [-0.4, -0.2) is 19.8 Å². The van der Waals surface area contributed by atoms with Gasteiger partial charge < -0.3 is 4.74 Å². The van der Waals surface area contributed by atoms with Crippen LogP contribution in [0.1, 0.15) is 0 Å². The fourth-order valence-corrected chi connectivity index (χ4v) is 0.913. The number of esters is 1. The lowest BCUT2D eigenvalue weighted by Crippen LogP contribution is -2.09. The Morgan fingerprint density at radius 2 is 1.85 bits per heavy atom. The molecule has 1 rings (SSSR count). The lowest BCUT2D eigenvalue weighted by molar-refractivity contribution is -0.126. The van der Waals surface area contributed by atoms with Crippen LogP contribution in [0.25, 0.3) is 0 Å². The molecule has 0 aliphatic heterocycles. The highest BCUT2D eigenvalue weighted by molar-refractivity contribution is 7.73. The predicted octanol–water partition coefficient (Wildman–Crippen LogP) is 0.273. The first-order valence-corrected chi connectivity index (χ1v) is 4.52. The predicted molar refractivity (Wildman–Crippen MR) is 47.1 cm³/mol. The minimum atomic E-state index is -2.52. The summed E-state index contributed by atoms with van der Waals surface area (Å²) in [6, 6.07) is 8.22. The van der Waals surface area contributed by atoms with Crippen molar-refractivity contribution < 1.29 is 17.9 Å². The first-order chi connectivity index (χ1) is 6.18. The number of carbonyl (C=O) groups is 1. The molecule has 1 aromatic rings. The molecule has 1 aromatic carbocycles. The van der Waals surface area contributed by atoms with Crippen LogP contribution in [0.5, 0.6) is 5.75 Å². The minimum Gasteiger partial charge on any atom is -0.423 e. The van der Waals surface area contributed by atoms with Gasteiger partial charge in [0.2, 0.25) is 10.3 Å². The van der Waals surface area contributed by atoms with Crippen LogP contribution in [-0.2, 0) is 15.1 Å². The molecule has 0 fully saturated rings. The molecule has 5 heteroatoms. The molecule has 0 aliphatic rings. The van der Waals surface area contributed by atoms with Crippen LogP contribution >= 0.6 is 0 Å². The SMILES string of the molecule is O=C(C=S(=O)=O)Oc1ccccc1. The zero-order valence-corrected chi connectivity index (χ0v) is 7.32. The molecule has 0 saturated heterocycles. The number of rotatable bonds is 2. The highest BCUT2D eigenvalue weighted by atomic mass is 32.2. The molecule has 4 nitrogen and oxygen atoms in total. The zero-order valence-electron chi connectivity index (χ0n) is 6.51. The van der Waals surface area contributed by atoms with Crippen LogP contribution in [0.3, 0.4) is 0 Å². The monoisotopic (exact) mass is 198 g/mol. The summed E-state index contributed by atoms with van der Waals surface area (Å²) in [7, 11) is -2.52. The van der Waals surface area contributed by atoms with Crippen LogP contribution in [0.2, 0.25) is 0 Å². The van der Waals surface area contributed by atoms with Crippen molar-refractivity contribution in [2.24, 2.45) is 0 Å². The van der Waals surface area contributed by atoms with Crippen molar-refractivity contribution in [2.45, 2.75) is 0 Å². The Labute approximate surface area is 76.3 Å². The molecule has 0 amide bonds. The molecule has 13 heavy (non-hydrogen) atoms. The first kappa shape index (κ1) is 9.47. The third-order valence-corrected chi connectivity index (χ3v) is 1.54. The summed E-state index contributed by atoms with van der Waals surface area (Å²) in [5, 5.41) is 0.465. The third kappa shape index (κ3) is 3.53. The number of carbonyl (C=O) groups excluding carboxylic acids is 1. The first-order valence-electron chi connectivity index (χ1n) is 3.38. The molecule has 0 radical (unpaired) electrons. The van der Waals surface area contributed by atoms with E-state index >= 15 is 0 Å². The number of hydrogen-bond donors (Lipinski definition) is 0. The summed E-state index contributed by atoms with van der Waals surface area (Å²) in [4.78, 5) is 10.8. The molecule has 0 heterocycles. The van der Waals surface area contributed by atoms with Gasteiger partial charge in [-0.25, -0.2) is 4.79 Å². The van der Waals surface area contributed by atoms with E-state index < -0.39 is 16.3 Å². The van der Waals surface area contributed by atoms with Gasteiger partial charge in [-0.3, -0.25) is 0 Å². The fraction of sp³-hybridized carbons (Fsp3) is 0. The second-order valence-corrected chi connectivity index (χ2v) is 2.87. The van der Waals surface area contributed by atoms with Crippen LogP contribution < -0.4 is 4.74 Å².